The van der Waals surface area contributed by atoms with E-state index in [0.29, 0.717) is 29.9 Å². The highest BCUT2D eigenvalue weighted by Crippen LogP contribution is 2.25. The van der Waals surface area contributed by atoms with Crippen molar-refractivity contribution < 1.29 is 14.3 Å². The number of aromatic nitrogens is 1. The Morgan fingerprint density at radius 2 is 2.00 bits per heavy atom. The fourth-order valence-electron chi connectivity index (χ4n) is 1.95. The van der Waals surface area contributed by atoms with Gasteiger partial charge in [-0.15, -0.1) is 0 Å². The summed E-state index contributed by atoms with van der Waals surface area (Å²) in [6.07, 6.45) is 2.73. The molecule has 0 aliphatic rings. The summed E-state index contributed by atoms with van der Waals surface area (Å²) in [5, 5.41) is 0. The first-order valence-corrected chi connectivity index (χ1v) is 6.39. The van der Waals surface area contributed by atoms with Gasteiger partial charge in [-0.2, -0.15) is 0 Å². The summed E-state index contributed by atoms with van der Waals surface area (Å²) in [7, 11) is 3.13. The lowest BCUT2D eigenvalue weighted by Gasteiger charge is -2.09. The molecular weight excluding hydrogens is 254 g/mol. The highest BCUT2D eigenvalue weighted by atomic mass is 16.5. The minimum atomic E-state index is 0.0198. The second-order valence-electron chi connectivity index (χ2n) is 4.31. The number of ether oxygens (including phenoxy) is 2. The zero-order chi connectivity index (χ0) is 14.4. The number of nitrogens with zero attached hydrogens (tertiary/aromatic N) is 1. The standard InChI is InChI=1S/C16H17NO3/c1-19-13-7-9-16(20-2)14(11-13)15(18)8-6-12-5-3-4-10-17-12/h3-5,7,9-11H,6,8H2,1-2H3. The van der Waals surface area contributed by atoms with E-state index in [0.717, 1.165) is 5.69 Å². The molecule has 20 heavy (non-hydrogen) atoms. The summed E-state index contributed by atoms with van der Waals surface area (Å²) >= 11 is 0. The van der Waals surface area contributed by atoms with Crippen molar-refractivity contribution in [3.05, 3.63) is 53.9 Å². The average Bonchev–Trinajstić information content (AvgIpc) is 2.52. The Morgan fingerprint density at radius 3 is 2.65 bits per heavy atom. The van der Waals surface area contributed by atoms with Gasteiger partial charge in [-0.25, -0.2) is 0 Å². The van der Waals surface area contributed by atoms with Gasteiger partial charge in [0.05, 0.1) is 19.8 Å². The van der Waals surface area contributed by atoms with Crippen LogP contribution in [0.4, 0.5) is 0 Å². The molecule has 0 radical (unpaired) electrons. The normalized spacial score (nSPS) is 10.1. The number of hydrogen-bond acceptors (Lipinski definition) is 4. The van der Waals surface area contributed by atoms with Crippen molar-refractivity contribution in [1.29, 1.82) is 0 Å². The van der Waals surface area contributed by atoms with Gasteiger partial charge in [0.2, 0.25) is 0 Å². The quantitative estimate of drug-likeness (QED) is 0.758. The summed E-state index contributed by atoms with van der Waals surface area (Å²) in [6.45, 7) is 0. The molecule has 0 saturated heterocycles. The minimum absolute atomic E-state index is 0.0198. The molecule has 1 heterocycles. The van der Waals surface area contributed by atoms with Crippen LogP contribution in [0, 0.1) is 0 Å². The van der Waals surface area contributed by atoms with Crippen LogP contribution in [0.5, 0.6) is 11.5 Å². The topological polar surface area (TPSA) is 48.4 Å². The molecule has 1 aromatic carbocycles. The number of aryl methyl sites for hydroxylation is 1. The van der Waals surface area contributed by atoms with Crippen LogP contribution < -0.4 is 9.47 Å². The van der Waals surface area contributed by atoms with E-state index in [1.54, 1.807) is 38.6 Å². The van der Waals surface area contributed by atoms with Gasteiger partial charge in [0, 0.05) is 18.3 Å². The smallest absolute Gasteiger partial charge is 0.167 e. The summed E-state index contributed by atoms with van der Waals surface area (Å²) in [4.78, 5) is 16.5. The van der Waals surface area contributed by atoms with Crippen molar-refractivity contribution in [1.82, 2.24) is 4.98 Å². The van der Waals surface area contributed by atoms with Gasteiger partial charge in [0.1, 0.15) is 11.5 Å². The fraction of sp³-hybridized carbons (Fsp3) is 0.250. The van der Waals surface area contributed by atoms with Crippen LogP contribution in [0.1, 0.15) is 22.5 Å². The summed E-state index contributed by atoms with van der Waals surface area (Å²) in [6, 6.07) is 10.9. The van der Waals surface area contributed by atoms with Crippen molar-refractivity contribution >= 4 is 5.78 Å². The van der Waals surface area contributed by atoms with Crippen LogP contribution in [0.15, 0.2) is 42.6 Å². The number of pyridine rings is 1. The van der Waals surface area contributed by atoms with Crippen LogP contribution in [0.2, 0.25) is 0 Å². The molecule has 4 heteroatoms. The zero-order valence-electron chi connectivity index (χ0n) is 11.6. The number of ketones is 1. The van der Waals surface area contributed by atoms with Gasteiger partial charge in [-0.1, -0.05) is 6.07 Å². The lowest BCUT2D eigenvalue weighted by molar-refractivity contribution is 0.0979. The van der Waals surface area contributed by atoms with Crippen LogP contribution in [-0.2, 0) is 6.42 Å². The van der Waals surface area contributed by atoms with E-state index in [9.17, 15) is 4.79 Å². The average molecular weight is 271 g/mol. The van der Waals surface area contributed by atoms with Crippen LogP contribution in [-0.4, -0.2) is 25.0 Å². The third-order valence-electron chi connectivity index (χ3n) is 3.04. The maximum atomic E-state index is 12.3. The number of hydrogen-bond donors (Lipinski definition) is 0. The molecule has 0 atom stereocenters. The third-order valence-corrected chi connectivity index (χ3v) is 3.04. The van der Waals surface area contributed by atoms with Gasteiger partial charge in [0.25, 0.3) is 0 Å². The molecule has 4 nitrogen and oxygen atoms in total. The molecule has 0 spiro atoms. The first kappa shape index (κ1) is 14.1. The lowest BCUT2D eigenvalue weighted by atomic mass is 10.0. The fourth-order valence-corrected chi connectivity index (χ4v) is 1.95. The van der Waals surface area contributed by atoms with E-state index in [1.807, 2.05) is 18.2 Å². The summed E-state index contributed by atoms with van der Waals surface area (Å²) in [5.74, 6) is 1.23. The van der Waals surface area contributed by atoms with E-state index in [2.05, 4.69) is 4.98 Å². The Labute approximate surface area is 118 Å². The second-order valence-corrected chi connectivity index (χ2v) is 4.31. The number of rotatable bonds is 6. The van der Waals surface area contributed by atoms with E-state index in [-0.39, 0.29) is 5.78 Å². The van der Waals surface area contributed by atoms with Crippen molar-refractivity contribution in [2.45, 2.75) is 12.8 Å². The number of carbonyl (C=O) groups excluding carboxylic acids is 1. The summed E-state index contributed by atoms with van der Waals surface area (Å²) in [5.41, 5.74) is 1.45. The van der Waals surface area contributed by atoms with E-state index < -0.39 is 0 Å². The zero-order valence-corrected chi connectivity index (χ0v) is 11.6. The molecule has 0 aliphatic heterocycles. The van der Waals surface area contributed by atoms with Gasteiger partial charge in [-0.05, 0) is 36.8 Å². The molecular formula is C16H17NO3. The molecule has 0 unspecified atom stereocenters. The molecule has 0 bridgehead atoms. The minimum Gasteiger partial charge on any atom is -0.497 e. The maximum Gasteiger partial charge on any atom is 0.167 e. The molecule has 0 aliphatic carbocycles. The van der Waals surface area contributed by atoms with Crippen molar-refractivity contribution in [2.75, 3.05) is 14.2 Å². The molecule has 0 N–H and O–H groups in total. The molecule has 2 aromatic rings. The third kappa shape index (κ3) is 3.35. The Morgan fingerprint density at radius 1 is 1.15 bits per heavy atom. The molecule has 0 amide bonds. The molecule has 1 aromatic heterocycles. The maximum absolute atomic E-state index is 12.3. The van der Waals surface area contributed by atoms with Gasteiger partial charge in [-0.3, -0.25) is 9.78 Å². The lowest BCUT2D eigenvalue weighted by Crippen LogP contribution is -2.05. The predicted octanol–water partition coefficient (Wildman–Crippen LogP) is 2.91. The number of Topliss-reactive ketones (excluding diaryl/α,β-unsaturated/α-hetero) is 1. The highest BCUT2D eigenvalue weighted by Gasteiger charge is 2.13. The van der Waals surface area contributed by atoms with Gasteiger partial charge >= 0.3 is 0 Å². The number of benzene rings is 1. The first-order chi connectivity index (χ1) is 9.74. The Hall–Kier alpha value is -2.36. The number of methoxy groups -OCH3 is 2. The molecule has 0 saturated carbocycles. The van der Waals surface area contributed by atoms with Gasteiger partial charge in [0.15, 0.2) is 5.78 Å². The van der Waals surface area contributed by atoms with Crippen molar-refractivity contribution in [3.63, 3.8) is 0 Å². The number of carbonyl (C=O) groups is 1. The molecule has 2 rings (SSSR count). The Bertz CT molecular complexity index is 582. The summed E-state index contributed by atoms with van der Waals surface area (Å²) < 4.78 is 10.4. The largest absolute Gasteiger partial charge is 0.497 e. The molecule has 0 fully saturated rings. The van der Waals surface area contributed by atoms with E-state index in [1.165, 1.54) is 0 Å². The monoisotopic (exact) mass is 271 g/mol. The van der Waals surface area contributed by atoms with Crippen LogP contribution >= 0.6 is 0 Å². The Kier molecular flexibility index (Phi) is 4.71. The van der Waals surface area contributed by atoms with Crippen LogP contribution in [0.3, 0.4) is 0 Å². The van der Waals surface area contributed by atoms with Crippen molar-refractivity contribution in [3.8, 4) is 11.5 Å². The predicted molar refractivity (Wildman–Crippen MR) is 76.4 cm³/mol. The molecule has 104 valence electrons. The van der Waals surface area contributed by atoms with E-state index in [4.69, 9.17) is 9.47 Å². The van der Waals surface area contributed by atoms with Crippen molar-refractivity contribution in [2.24, 2.45) is 0 Å². The van der Waals surface area contributed by atoms with Gasteiger partial charge < -0.3 is 9.47 Å². The first-order valence-electron chi connectivity index (χ1n) is 6.39. The second kappa shape index (κ2) is 6.70. The highest BCUT2D eigenvalue weighted by molar-refractivity contribution is 5.99. The van der Waals surface area contributed by atoms with E-state index >= 15 is 0 Å². The Balaban J connectivity index is 2.12. The SMILES string of the molecule is COc1ccc(OC)c(C(=O)CCc2ccccn2)c1. The van der Waals surface area contributed by atoms with Crippen LogP contribution in [0.25, 0.3) is 0 Å².